The molecule has 0 bridgehead atoms. The first-order valence-corrected chi connectivity index (χ1v) is 52.8. The molecular weight excluding hydrogens is 1700 g/mol. The summed E-state index contributed by atoms with van der Waals surface area (Å²) in [5, 5.41) is 21.7. The Morgan fingerprint density at radius 3 is 1.39 bits per heavy atom. The highest BCUT2D eigenvalue weighted by Crippen LogP contribution is 2.50. The monoisotopic (exact) mass is 1870 g/mol. The molecule has 24 heteroatoms. The fourth-order valence-corrected chi connectivity index (χ4v) is 19.1. The molecule has 0 radical (unpaired) electrons. The van der Waals surface area contributed by atoms with Gasteiger partial charge in [-0.2, -0.15) is 5.26 Å². The Morgan fingerprint density at radius 2 is 0.955 bits per heavy atom. The van der Waals surface area contributed by atoms with Crippen LogP contribution in [0.1, 0.15) is 408 Å². The number of nitrogens with one attached hydrogen (secondary N) is 3. The molecule has 23 nitrogen and oxygen atoms in total. The molecule has 0 saturated carbocycles. The number of aryl methyl sites for hydroxylation is 2. The number of carboxylic acids is 1. The highest BCUT2D eigenvalue weighted by Gasteiger charge is 2.58. The van der Waals surface area contributed by atoms with Gasteiger partial charge in [-0.3, -0.25) is 38.3 Å². The Balaban J connectivity index is 0.000000507. The second-order valence-electron chi connectivity index (χ2n) is 37.3. The summed E-state index contributed by atoms with van der Waals surface area (Å²) in [5.41, 5.74) is 0.206. The van der Waals surface area contributed by atoms with Crippen molar-refractivity contribution in [2.45, 2.75) is 423 Å². The molecule has 2 aliphatic heterocycles. The first-order chi connectivity index (χ1) is 65.0. The topological polar surface area (TPSA) is 294 Å². The number of amides is 1. The minimum absolute atomic E-state index is 0.0383. The number of hydrogen-bond donors (Lipinski definition) is 4. The van der Waals surface area contributed by atoms with Crippen LogP contribution in [-0.4, -0.2) is 120 Å². The maximum atomic E-state index is 13.8. The SMILES string of the molecule is CCCCCCCCCCCCCCCCCCOC1=CC(CNC(=O)CCC(=O)O)=CC(OCCCCCCCCCCCCCCCCCC)([C@@H]2C[C@H](n3cc(C)c(=O)[nH]c3=O)O[C@@H]2C[O+]=POCCC#N)C1OCCCCCCCCCCCCCCCCCC.COc1ccc(C(OC[C@@H]2CC[C@H](n3cc(C)c(=O)[nH]c3=O)O2)(c2ccccc2)c2ccc(OC)cc2)cc1. The third-order valence-electron chi connectivity index (χ3n) is 26.5. The molecule has 133 heavy (non-hydrogen) atoms. The van der Waals surface area contributed by atoms with Gasteiger partial charge >= 0.3 is 26.0 Å². The van der Waals surface area contributed by atoms with Gasteiger partial charge in [0.1, 0.15) is 47.0 Å². The lowest BCUT2D eigenvalue weighted by Gasteiger charge is -2.46. The summed E-state index contributed by atoms with van der Waals surface area (Å²) in [4.78, 5) is 80.6. The Hall–Kier alpha value is -7.81. The van der Waals surface area contributed by atoms with Gasteiger partial charge in [0, 0.05) is 62.0 Å². The number of aliphatic carboxylic acids is 1. The van der Waals surface area contributed by atoms with E-state index in [4.69, 9.17) is 46.6 Å². The van der Waals surface area contributed by atoms with Gasteiger partial charge in [0.25, 0.3) is 17.7 Å². The number of unbranched alkanes of at least 4 members (excludes halogenated alkanes) is 45. The van der Waals surface area contributed by atoms with E-state index in [9.17, 15) is 39.1 Å². The number of rotatable bonds is 75. The first-order valence-electron chi connectivity index (χ1n) is 52.1. The molecular formula is C109H170N6O17P+. The number of methoxy groups -OCH3 is 2. The second-order valence-corrected chi connectivity index (χ2v) is 38.0. The van der Waals surface area contributed by atoms with Gasteiger partial charge in [-0.15, -0.1) is 0 Å². The number of hydrogen-bond acceptors (Lipinski definition) is 16. The normalized spacial score (nSPS) is 17.8. The summed E-state index contributed by atoms with van der Waals surface area (Å²) >= 11 is 0. The van der Waals surface area contributed by atoms with Gasteiger partial charge in [0.15, 0.2) is 6.10 Å². The van der Waals surface area contributed by atoms with Crippen LogP contribution in [0, 0.1) is 31.1 Å². The average molecular weight is 1870 g/mol. The smallest absolute Gasteiger partial charge is 0.497 e. The summed E-state index contributed by atoms with van der Waals surface area (Å²) in [5.74, 6) is 0.132. The molecule has 8 rings (SSSR count). The van der Waals surface area contributed by atoms with Crippen molar-refractivity contribution in [3.63, 3.8) is 0 Å². The van der Waals surface area contributed by atoms with Crippen LogP contribution in [0.4, 0.5) is 0 Å². The second kappa shape index (κ2) is 68.2. The van der Waals surface area contributed by atoms with Crippen LogP contribution >= 0.6 is 8.69 Å². The lowest BCUT2D eigenvalue weighted by atomic mass is 9.73. The highest BCUT2D eigenvalue weighted by molar-refractivity contribution is 7.17. The molecule has 2 saturated heterocycles. The maximum absolute atomic E-state index is 13.8. The van der Waals surface area contributed by atoms with Gasteiger partial charge in [-0.1, -0.05) is 364 Å². The summed E-state index contributed by atoms with van der Waals surface area (Å²) in [6, 6.07) is 27.9. The molecule has 3 aliphatic rings. The number of nitriles is 1. The van der Waals surface area contributed by atoms with E-state index in [0.29, 0.717) is 49.5 Å². The molecule has 2 aromatic heterocycles. The van der Waals surface area contributed by atoms with E-state index >= 15 is 0 Å². The fourth-order valence-electron chi connectivity index (χ4n) is 18.7. The van der Waals surface area contributed by atoms with Crippen molar-refractivity contribution >= 4 is 20.6 Å². The van der Waals surface area contributed by atoms with E-state index < -0.39 is 64.7 Å². The van der Waals surface area contributed by atoms with Crippen molar-refractivity contribution in [2.24, 2.45) is 5.92 Å². The third-order valence-corrected chi connectivity index (χ3v) is 27.0. The molecule has 2 fully saturated rings. The number of benzene rings is 3. The first kappa shape index (κ1) is 112. The number of carbonyl (C=O) groups is 2. The lowest BCUT2D eigenvalue weighted by molar-refractivity contribution is -0.168. The zero-order valence-corrected chi connectivity index (χ0v) is 83.6. The molecule has 5 aromatic rings. The van der Waals surface area contributed by atoms with Crippen molar-refractivity contribution in [3.8, 4) is 17.6 Å². The molecule has 742 valence electrons. The average Bonchev–Trinajstić information content (AvgIpc) is 1.67. The molecule has 1 amide bonds. The van der Waals surface area contributed by atoms with E-state index in [-0.39, 0.29) is 78.3 Å². The molecule has 4 N–H and O–H groups in total. The maximum Gasteiger partial charge on any atom is 0.591 e. The minimum Gasteiger partial charge on any atom is -0.497 e. The minimum atomic E-state index is -1.29. The Kier molecular flexibility index (Phi) is 57.6. The molecule has 1 aliphatic carbocycles. The number of H-pyrrole nitrogens is 2. The molecule has 4 heterocycles. The van der Waals surface area contributed by atoms with E-state index in [2.05, 4.69) is 60.3 Å². The van der Waals surface area contributed by atoms with E-state index in [1.165, 1.54) is 260 Å². The zero-order valence-electron chi connectivity index (χ0n) is 82.7. The van der Waals surface area contributed by atoms with E-state index in [1.807, 2.05) is 72.8 Å². The molecule has 2 unspecified atom stereocenters. The van der Waals surface area contributed by atoms with Crippen LogP contribution in [0.25, 0.3) is 0 Å². The van der Waals surface area contributed by atoms with Crippen LogP contribution in [0.15, 0.2) is 134 Å². The number of aromatic amines is 2. The van der Waals surface area contributed by atoms with Crippen LogP contribution in [-0.2, 0) is 52.3 Å². The van der Waals surface area contributed by atoms with Gasteiger partial charge in [0.2, 0.25) is 5.91 Å². The van der Waals surface area contributed by atoms with Gasteiger partial charge in [0.05, 0.1) is 59.1 Å². The van der Waals surface area contributed by atoms with Crippen molar-refractivity contribution in [1.29, 1.82) is 5.26 Å². The number of nitrogens with zero attached hydrogens (tertiary/aromatic N) is 3. The van der Waals surface area contributed by atoms with Crippen molar-refractivity contribution < 1.29 is 61.3 Å². The third kappa shape index (κ3) is 42.0. The van der Waals surface area contributed by atoms with Gasteiger partial charge in [-0.05, 0) is 105 Å². The van der Waals surface area contributed by atoms with Crippen molar-refractivity contribution in [2.75, 3.05) is 60.4 Å². The zero-order chi connectivity index (χ0) is 95.0. The van der Waals surface area contributed by atoms with Gasteiger partial charge < -0.3 is 48.3 Å². The van der Waals surface area contributed by atoms with E-state index in [0.717, 1.165) is 91.5 Å². The van der Waals surface area contributed by atoms with Crippen LogP contribution in [0.2, 0.25) is 0 Å². The fraction of sp³-hybridized carbons (Fsp3) is 0.697. The summed E-state index contributed by atoms with van der Waals surface area (Å²) in [6.07, 6.45) is 65.9. The molecule has 3 aromatic carbocycles. The predicted molar refractivity (Wildman–Crippen MR) is 533 cm³/mol. The summed E-state index contributed by atoms with van der Waals surface area (Å²) < 4.78 is 67.6. The Morgan fingerprint density at radius 1 is 0.534 bits per heavy atom. The number of ether oxygens (including phenoxy) is 8. The number of carbonyl (C=O) groups excluding carboxylic acids is 1. The molecule has 7 atom stereocenters. The largest absolute Gasteiger partial charge is 0.591 e. The summed E-state index contributed by atoms with van der Waals surface area (Å²) in [6.45, 7) is 12.1. The van der Waals surface area contributed by atoms with Crippen molar-refractivity contribution in [1.82, 2.24) is 24.4 Å². The van der Waals surface area contributed by atoms with Crippen LogP contribution in [0.5, 0.6) is 11.5 Å². The van der Waals surface area contributed by atoms with Crippen LogP contribution in [0.3, 0.4) is 0 Å². The molecule has 0 spiro atoms. The summed E-state index contributed by atoms with van der Waals surface area (Å²) in [7, 11) is 3.49. The Bertz CT molecular complexity index is 4300. The standard InChI is InChI=1S/C78H137N4O11P.C31H32N2O6/c1-5-8-11-14-17-20-23-26-29-32-35-38-41-44-47-50-57-88-70-61-68(64-80-72(83)54-55-74(84)85)63-78(90-59-52-49-46-43-40-37-34-31-28-25-22-19-16-13-10-7-3,75(70)89-58-51-48-45-42-39-36-33-30-27-24-21-18-15-12-9-6-2)69-62-73(82-65-67(4)76(86)81-77(82)87)93-71(69)66-92-94-91-60-53-56-79;1-21-19-33(30(35)32-29(21)34)28-18-17-27(39-28)20-38-31(22-7-5-4-6-8-22,23-9-13-25(36-2)14-10-23)24-11-15-26(37-3)16-12-24/h61,63,65,69,71,73,75H,5-55,57-60,62,64,66H2,1-4H3,(H2-,80,81,83,84,85,86,87);4-16,19,27-28H,17-18,20H2,1-3H3,(H,32,34,35)/p+1/t69-,71-,73-,75?,78?;27-,28+/m10/s1. The number of carboxylic acid groups (broad SMARTS) is 1. The predicted octanol–water partition coefficient (Wildman–Crippen LogP) is 25.7. The lowest BCUT2D eigenvalue weighted by Crippen LogP contribution is -2.56. The van der Waals surface area contributed by atoms with Crippen molar-refractivity contribution in [3.05, 3.63) is 184 Å². The quantitative estimate of drug-likeness (QED) is 0.0122. The van der Waals surface area contributed by atoms with E-state index in [1.54, 1.807) is 40.5 Å². The Labute approximate surface area is 798 Å². The van der Waals surface area contributed by atoms with Crippen LogP contribution < -0.4 is 37.3 Å². The number of aromatic nitrogens is 4. The van der Waals surface area contributed by atoms with Gasteiger partial charge in [-0.25, -0.2) is 18.3 Å². The highest BCUT2D eigenvalue weighted by atomic mass is 31.1.